The van der Waals surface area contributed by atoms with E-state index in [2.05, 4.69) is 5.32 Å². The van der Waals surface area contributed by atoms with Crippen molar-refractivity contribution in [2.24, 2.45) is 0 Å². The summed E-state index contributed by atoms with van der Waals surface area (Å²) in [4.78, 5) is 12.4. The van der Waals surface area contributed by atoms with E-state index in [-0.39, 0.29) is 12.0 Å². The number of rotatable bonds is 6. The second kappa shape index (κ2) is 7.68. The smallest absolute Gasteiger partial charge is 0.255 e. The van der Waals surface area contributed by atoms with Gasteiger partial charge in [-0.2, -0.15) is 0 Å². The summed E-state index contributed by atoms with van der Waals surface area (Å²) in [6.45, 7) is 8.40. The molecule has 0 fully saturated rings. The Labute approximate surface area is 137 Å². The highest BCUT2D eigenvalue weighted by atomic mass is 16.5. The largest absolute Gasteiger partial charge is 0.494 e. The molecule has 4 heteroatoms. The van der Waals surface area contributed by atoms with Crippen molar-refractivity contribution in [3.63, 3.8) is 0 Å². The van der Waals surface area contributed by atoms with Crippen molar-refractivity contribution in [2.75, 3.05) is 11.9 Å². The predicted octanol–water partition coefficient (Wildman–Crippen LogP) is 4.43. The zero-order chi connectivity index (χ0) is 16.8. The van der Waals surface area contributed by atoms with Crippen molar-refractivity contribution in [1.29, 1.82) is 0 Å². The van der Waals surface area contributed by atoms with Gasteiger partial charge in [0.2, 0.25) is 0 Å². The molecule has 0 heterocycles. The SMILES string of the molecule is CCOc1ccc(C(=O)Nc2cccc(OC(C)C)c2)cc1C. The van der Waals surface area contributed by atoms with Gasteiger partial charge in [0, 0.05) is 17.3 Å². The number of carbonyl (C=O) groups excluding carboxylic acids is 1. The summed E-state index contributed by atoms with van der Waals surface area (Å²) in [6, 6.07) is 12.8. The topological polar surface area (TPSA) is 47.6 Å². The molecule has 2 aromatic carbocycles. The maximum absolute atomic E-state index is 12.4. The zero-order valence-corrected chi connectivity index (χ0v) is 14.1. The molecule has 0 radical (unpaired) electrons. The minimum absolute atomic E-state index is 0.0923. The molecule has 0 aromatic heterocycles. The molecule has 0 atom stereocenters. The lowest BCUT2D eigenvalue weighted by Crippen LogP contribution is -2.12. The van der Waals surface area contributed by atoms with E-state index in [9.17, 15) is 4.79 Å². The highest BCUT2D eigenvalue weighted by molar-refractivity contribution is 6.04. The minimum Gasteiger partial charge on any atom is -0.494 e. The van der Waals surface area contributed by atoms with Crippen LogP contribution >= 0.6 is 0 Å². The van der Waals surface area contributed by atoms with Crippen LogP contribution in [-0.4, -0.2) is 18.6 Å². The Balaban J connectivity index is 2.11. The average molecular weight is 313 g/mol. The Hall–Kier alpha value is -2.49. The van der Waals surface area contributed by atoms with E-state index in [1.165, 1.54) is 0 Å². The molecule has 0 saturated heterocycles. The third-order valence-electron chi connectivity index (χ3n) is 3.20. The lowest BCUT2D eigenvalue weighted by molar-refractivity contribution is 0.102. The molecule has 1 N–H and O–H groups in total. The Morgan fingerprint density at radius 2 is 1.96 bits per heavy atom. The summed E-state index contributed by atoms with van der Waals surface area (Å²) >= 11 is 0. The quantitative estimate of drug-likeness (QED) is 0.858. The standard InChI is InChI=1S/C19H23NO3/c1-5-22-18-10-9-15(11-14(18)4)19(21)20-16-7-6-8-17(12-16)23-13(2)3/h6-13H,5H2,1-4H3,(H,20,21). The van der Waals surface area contributed by atoms with Gasteiger partial charge in [0.25, 0.3) is 5.91 Å². The average Bonchev–Trinajstić information content (AvgIpc) is 2.49. The van der Waals surface area contributed by atoms with Crippen LogP contribution in [0.5, 0.6) is 11.5 Å². The number of ether oxygens (including phenoxy) is 2. The van der Waals surface area contributed by atoms with E-state index >= 15 is 0 Å². The maximum Gasteiger partial charge on any atom is 0.255 e. The fourth-order valence-corrected chi connectivity index (χ4v) is 2.23. The molecule has 1 amide bonds. The lowest BCUT2D eigenvalue weighted by atomic mass is 10.1. The van der Waals surface area contributed by atoms with Crippen molar-refractivity contribution < 1.29 is 14.3 Å². The summed E-state index contributed by atoms with van der Waals surface area (Å²) in [5, 5.41) is 2.89. The first kappa shape index (κ1) is 16.9. The van der Waals surface area contributed by atoms with Crippen LogP contribution in [-0.2, 0) is 0 Å². The number of carbonyl (C=O) groups is 1. The Kier molecular flexibility index (Phi) is 5.63. The molecule has 4 nitrogen and oxygen atoms in total. The number of benzene rings is 2. The Morgan fingerprint density at radius 1 is 1.17 bits per heavy atom. The molecule has 2 rings (SSSR count). The Morgan fingerprint density at radius 3 is 2.61 bits per heavy atom. The van der Waals surface area contributed by atoms with E-state index in [0.717, 1.165) is 17.1 Å². The molecule has 0 bridgehead atoms. The number of nitrogens with one attached hydrogen (secondary N) is 1. The number of hydrogen-bond donors (Lipinski definition) is 1. The van der Waals surface area contributed by atoms with Crippen molar-refractivity contribution in [3.8, 4) is 11.5 Å². The molecular weight excluding hydrogens is 290 g/mol. The molecule has 2 aromatic rings. The number of amides is 1. The van der Waals surface area contributed by atoms with Crippen LogP contribution in [0, 0.1) is 6.92 Å². The highest BCUT2D eigenvalue weighted by Gasteiger charge is 2.09. The van der Waals surface area contributed by atoms with Gasteiger partial charge in [-0.3, -0.25) is 4.79 Å². The molecule has 23 heavy (non-hydrogen) atoms. The summed E-state index contributed by atoms with van der Waals surface area (Å²) < 4.78 is 11.1. The summed E-state index contributed by atoms with van der Waals surface area (Å²) in [5.74, 6) is 1.38. The second-order valence-corrected chi connectivity index (χ2v) is 5.56. The fraction of sp³-hybridized carbons (Fsp3) is 0.316. The summed E-state index contributed by atoms with van der Waals surface area (Å²) in [6.07, 6.45) is 0.0923. The van der Waals surface area contributed by atoms with E-state index in [0.29, 0.717) is 17.9 Å². The van der Waals surface area contributed by atoms with E-state index in [4.69, 9.17) is 9.47 Å². The molecule has 0 spiro atoms. The van der Waals surface area contributed by atoms with Gasteiger partial charge in [-0.15, -0.1) is 0 Å². The van der Waals surface area contributed by atoms with Crippen molar-refractivity contribution >= 4 is 11.6 Å². The summed E-state index contributed by atoms with van der Waals surface area (Å²) in [5.41, 5.74) is 2.25. The van der Waals surface area contributed by atoms with Crippen LogP contribution in [0.4, 0.5) is 5.69 Å². The first-order valence-electron chi connectivity index (χ1n) is 7.81. The second-order valence-electron chi connectivity index (χ2n) is 5.56. The van der Waals surface area contributed by atoms with Crippen molar-refractivity contribution in [2.45, 2.75) is 33.8 Å². The van der Waals surface area contributed by atoms with Crippen LogP contribution < -0.4 is 14.8 Å². The van der Waals surface area contributed by atoms with Gasteiger partial charge in [-0.25, -0.2) is 0 Å². The zero-order valence-electron chi connectivity index (χ0n) is 14.1. The van der Waals surface area contributed by atoms with E-state index < -0.39 is 0 Å². The van der Waals surface area contributed by atoms with Gasteiger partial charge in [-0.1, -0.05) is 6.07 Å². The van der Waals surface area contributed by atoms with Crippen LogP contribution in [0.15, 0.2) is 42.5 Å². The normalized spacial score (nSPS) is 10.5. The summed E-state index contributed by atoms with van der Waals surface area (Å²) in [7, 11) is 0. The van der Waals surface area contributed by atoms with E-state index in [1.807, 2.05) is 64.1 Å². The van der Waals surface area contributed by atoms with Crippen LogP contribution in [0.1, 0.15) is 36.7 Å². The maximum atomic E-state index is 12.4. The van der Waals surface area contributed by atoms with Crippen LogP contribution in [0.25, 0.3) is 0 Å². The van der Waals surface area contributed by atoms with Crippen molar-refractivity contribution in [1.82, 2.24) is 0 Å². The van der Waals surface area contributed by atoms with Gasteiger partial charge >= 0.3 is 0 Å². The monoisotopic (exact) mass is 313 g/mol. The minimum atomic E-state index is -0.155. The first-order valence-corrected chi connectivity index (χ1v) is 7.81. The molecule has 0 aliphatic heterocycles. The van der Waals surface area contributed by atoms with Gasteiger partial charge in [-0.05, 0) is 63.6 Å². The lowest BCUT2D eigenvalue weighted by Gasteiger charge is -2.12. The molecule has 0 aliphatic carbocycles. The Bertz CT molecular complexity index is 680. The molecule has 0 saturated carbocycles. The van der Waals surface area contributed by atoms with E-state index in [1.54, 1.807) is 6.07 Å². The number of aryl methyl sites for hydroxylation is 1. The van der Waals surface area contributed by atoms with Crippen LogP contribution in [0.2, 0.25) is 0 Å². The number of anilines is 1. The van der Waals surface area contributed by atoms with Gasteiger partial charge in [0.15, 0.2) is 0 Å². The van der Waals surface area contributed by atoms with Gasteiger partial charge in [0.1, 0.15) is 11.5 Å². The molecule has 0 aliphatic rings. The third-order valence-corrected chi connectivity index (χ3v) is 3.20. The fourth-order valence-electron chi connectivity index (χ4n) is 2.23. The third kappa shape index (κ3) is 4.74. The molecule has 122 valence electrons. The predicted molar refractivity (Wildman–Crippen MR) is 92.5 cm³/mol. The first-order chi connectivity index (χ1) is 11.0. The van der Waals surface area contributed by atoms with Crippen molar-refractivity contribution in [3.05, 3.63) is 53.6 Å². The van der Waals surface area contributed by atoms with Gasteiger partial charge < -0.3 is 14.8 Å². The highest BCUT2D eigenvalue weighted by Crippen LogP contribution is 2.22. The van der Waals surface area contributed by atoms with Crippen LogP contribution in [0.3, 0.4) is 0 Å². The number of hydrogen-bond acceptors (Lipinski definition) is 3. The molecule has 0 unspecified atom stereocenters. The molecular formula is C19H23NO3. The van der Waals surface area contributed by atoms with Gasteiger partial charge in [0.05, 0.1) is 12.7 Å².